The molecule has 88 valence electrons. The van der Waals surface area contributed by atoms with Gasteiger partial charge in [0.1, 0.15) is 0 Å². The Labute approximate surface area is 92.7 Å². The molecular weight excluding hydrogens is 288 g/mol. The van der Waals surface area contributed by atoms with Gasteiger partial charge in [-0.2, -0.15) is 0 Å². The number of nitrogens with zero attached hydrogens (tertiary/aromatic N) is 3. The molecule has 0 rings (SSSR count). The zero-order valence-corrected chi connectivity index (χ0v) is 9.02. The molecule has 0 fully saturated rings. The van der Waals surface area contributed by atoms with Crippen LogP contribution in [0.4, 0.5) is 0 Å². The van der Waals surface area contributed by atoms with Gasteiger partial charge in [-0.1, -0.05) is 0 Å². The standard InChI is InChI=1S/Ga.3NO3.2H2O/c;3*2-1(3)4;;/h;;;;2*1H2/q+3;3*-1;;. The molecule has 0 aromatic heterocycles. The predicted octanol–water partition coefficient (Wildman–Crippen LogP) is -2.75. The Morgan fingerprint density at radius 2 is 0.533 bits per heavy atom. The molecule has 0 amide bonds. The van der Waals surface area contributed by atoms with E-state index >= 15 is 0 Å². The molecule has 0 radical (unpaired) electrons. The van der Waals surface area contributed by atoms with Gasteiger partial charge in [0.2, 0.25) is 0 Å². The van der Waals surface area contributed by atoms with Gasteiger partial charge in [0.25, 0.3) is 0 Å². The largest absolute Gasteiger partial charge is 3.00 e. The minimum Gasteiger partial charge on any atom is -0.412 e. The van der Waals surface area contributed by atoms with Crippen LogP contribution in [0.3, 0.4) is 0 Å². The summed E-state index contributed by atoms with van der Waals surface area (Å²) in [5.41, 5.74) is 0. The van der Waals surface area contributed by atoms with Crippen molar-refractivity contribution in [2.45, 2.75) is 0 Å². The molecule has 0 saturated heterocycles. The fraction of sp³-hybridized carbons (Fsp3) is 0. The van der Waals surface area contributed by atoms with Gasteiger partial charge < -0.3 is 56.9 Å². The van der Waals surface area contributed by atoms with Crippen LogP contribution in [0.5, 0.6) is 0 Å². The Morgan fingerprint density at radius 3 is 0.533 bits per heavy atom. The first-order chi connectivity index (χ1) is 5.20. The summed E-state index contributed by atoms with van der Waals surface area (Å²) in [6, 6.07) is 0. The summed E-state index contributed by atoms with van der Waals surface area (Å²) in [4.78, 5) is 24.8. The molecule has 0 unspecified atom stereocenters. The van der Waals surface area contributed by atoms with Crippen LogP contribution < -0.4 is 0 Å². The van der Waals surface area contributed by atoms with E-state index in [2.05, 4.69) is 0 Å². The normalized spacial score (nSPS) is 4.80. The Kier molecular flexibility index (Phi) is 74.8. The molecule has 0 saturated carbocycles. The summed E-state index contributed by atoms with van der Waals surface area (Å²) < 4.78 is 0. The topological polar surface area (TPSA) is 262 Å². The summed E-state index contributed by atoms with van der Waals surface area (Å²) >= 11 is 0. The maximum absolute atomic E-state index is 8.25. The third-order valence-corrected chi connectivity index (χ3v) is 0. The quantitative estimate of drug-likeness (QED) is 0.254. The van der Waals surface area contributed by atoms with E-state index in [9.17, 15) is 0 Å². The third kappa shape index (κ3) is 369. The second kappa shape index (κ2) is 29.5. The van der Waals surface area contributed by atoms with Crippen LogP contribution in [0.15, 0.2) is 0 Å². The Balaban J connectivity index is -0.0000000184. The average molecular weight is 292 g/mol. The summed E-state index contributed by atoms with van der Waals surface area (Å²) in [6.07, 6.45) is 0. The van der Waals surface area contributed by atoms with Crippen molar-refractivity contribution in [1.29, 1.82) is 0 Å². The first kappa shape index (κ1) is 38.0. The first-order valence-electron chi connectivity index (χ1n) is 1.64. The van der Waals surface area contributed by atoms with Crippen LogP contribution in [0.25, 0.3) is 0 Å². The molecule has 15 heteroatoms. The van der Waals surface area contributed by atoms with Crippen molar-refractivity contribution in [1.82, 2.24) is 0 Å². The summed E-state index contributed by atoms with van der Waals surface area (Å²) in [5, 5.41) is 44.2. The zero-order valence-electron chi connectivity index (χ0n) is 6.59. The molecule has 0 aromatic carbocycles. The van der Waals surface area contributed by atoms with Gasteiger partial charge >= 0.3 is 19.8 Å². The van der Waals surface area contributed by atoms with Crippen molar-refractivity contribution >= 4 is 19.8 Å². The molecule has 4 N–H and O–H groups in total. The average Bonchev–Trinajstić information content (AvgIpc) is 1.54. The molecule has 0 atom stereocenters. The van der Waals surface area contributed by atoms with Gasteiger partial charge in [-0.3, -0.25) is 0 Å². The van der Waals surface area contributed by atoms with Crippen LogP contribution in [0.2, 0.25) is 0 Å². The number of hydrogen-bond acceptors (Lipinski definition) is 9. The molecule has 14 nitrogen and oxygen atoms in total. The van der Waals surface area contributed by atoms with Gasteiger partial charge in [-0.25, -0.2) is 0 Å². The summed E-state index contributed by atoms with van der Waals surface area (Å²) in [7, 11) is 0. The fourth-order valence-electron chi connectivity index (χ4n) is 0. The summed E-state index contributed by atoms with van der Waals surface area (Å²) in [6.45, 7) is 0. The fourth-order valence-corrected chi connectivity index (χ4v) is 0. The second-order valence-corrected chi connectivity index (χ2v) is 0.671. The van der Waals surface area contributed by atoms with Gasteiger partial charge in [0.05, 0.1) is 15.3 Å². The molecular formula is H4GaN3O11. The maximum atomic E-state index is 8.25. The van der Waals surface area contributed by atoms with Crippen molar-refractivity contribution < 1.29 is 26.2 Å². The van der Waals surface area contributed by atoms with E-state index in [0.29, 0.717) is 0 Å². The minimum absolute atomic E-state index is 0. The van der Waals surface area contributed by atoms with E-state index in [1.807, 2.05) is 0 Å². The second-order valence-electron chi connectivity index (χ2n) is 0.671. The van der Waals surface area contributed by atoms with Gasteiger partial charge in [0.15, 0.2) is 0 Å². The molecule has 0 heterocycles. The van der Waals surface area contributed by atoms with E-state index in [4.69, 9.17) is 46.0 Å². The number of rotatable bonds is 0. The summed E-state index contributed by atoms with van der Waals surface area (Å²) in [5.74, 6) is 0. The van der Waals surface area contributed by atoms with E-state index in [0.717, 1.165) is 0 Å². The molecule has 0 aromatic rings. The zero-order chi connectivity index (χ0) is 10.7. The Hall–Kier alpha value is -1.84. The maximum Gasteiger partial charge on any atom is 3.00 e. The van der Waals surface area contributed by atoms with Crippen molar-refractivity contribution in [2.75, 3.05) is 0 Å². The Morgan fingerprint density at radius 1 is 0.533 bits per heavy atom. The number of hydrogen-bond donors (Lipinski definition) is 0. The van der Waals surface area contributed by atoms with Crippen LogP contribution >= 0.6 is 0 Å². The molecule has 0 aliphatic carbocycles. The molecule has 0 aliphatic rings. The minimum atomic E-state index is -1.75. The van der Waals surface area contributed by atoms with Crippen LogP contribution in [-0.2, 0) is 0 Å². The van der Waals surface area contributed by atoms with Crippen molar-refractivity contribution in [3.8, 4) is 0 Å². The monoisotopic (exact) mass is 291 g/mol. The van der Waals surface area contributed by atoms with Crippen molar-refractivity contribution in [3.63, 3.8) is 0 Å². The Bertz CT molecular complexity index is 113. The third-order valence-electron chi connectivity index (χ3n) is 0. The smallest absolute Gasteiger partial charge is 0.412 e. The van der Waals surface area contributed by atoms with E-state index in [-0.39, 0.29) is 30.7 Å². The van der Waals surface area contributed by atoms with Crippen LogP contribution in [0, 0.1) is 46.0 Å². The molecule has 0 aliphatic heterocycles. The van der Waals surface area contributed by atoms with Gasteiger partial charge in [-0.05, 0) is 0 Å². The van der Waals surface area contributed by atoms with E-state index < -0.39 is 15.3 Å². The van der Waals surface area contributed by atoms with E-state index in [1.165, 1.54) is 0 Å². The van der Waals surface area contributed by atoms with Crippen molar-refractivity contribution in [3.05, 3.63) is 46.0 Å². The van der Waals surface area contributed by atoms with Crippen LogP contribution in [0.1, 0.15) is 0 Å². The van der Waals surface area contributed by atoms with Crippen molar-refractivity contribution in [2.24, 2.45) is 0 Å². The molecule has 0 spiro atoms. The van der Waals surface area contributed by atoms with Gasteiger partial charge in [-0.15, -0.1) is 0 Å². The molecule has 0 bridgehead atoms. The molecule has 15 heavy (non-hydrogen) atoms. The van der Waals surface area contributed by atoms with E-state index in [1.54, 1.807) is 0 Å². The van der Waals surface area contributed by atoms with Crippen LogP contribution in [-0.4, -0.2) is 46.0 Å². The SMILES string of the molecule is O.O.O=[N+]([O-])[O-].O=[N+]([O-])[O-].O=[N+]([O-])[O-].[Ga+3]. The predicted molar refractivity (Wildman–Crippen MR) is 44.1 cm³/mol. The first-order valence-corrected chi connectivity index (χ1v) is 1.64. The van der Waals surface area contributed by atoms with Gasteiger partial charge in [0, 0.05) is 0 Å².